The van der Waals surface area contributed by atoms with Crippen molar-refractivity contribution in [3.05, 3.63) is 47.8 Å². The van der Waals surface area contributed by atoms with Crippen molar-refractivity contribution in [2.24, 2.45) is 5.92 Å². The highest BCUT2D eigenvalue weighted by Gasteiger charge is 2.38. The second kappa shape index (κ2) is 12.1. The van der Waals surface area contributed by atoms with E-state index in [1.165, 1.54) is 31.4 Å². The van der Waals surface area contributed by atoms with Gasteiger partial charge in [-0.25, -0.2) is 13.4 Å². The number of aromatic nitrogens is 2. The monoisotopic (exact) mass is 623 g/mol. The standard InChI is InChI=1S/C28H32F3N5O4S2/c1-18-15-35(2)11-9-27(18,41)34-26(37)21-12-19(13-23-25(21)33-17-36(23)16-28(29,30)31)6-5-10-32-22-8-7-20(42(4,38)39)14-24(22)40-3/h7-8,12-14,17-18,32,41H,9-11,15-16H2,1-4H3,(H,34,37)/t18-,27?/m0/s1. The van der Waals surface area contributed by atoms with Crippen LogP contribution in [0.2, 0.25) is 0 Å². The number of rotatable bonds is 7. The third-order valence-electron chi connectivity index (χ3n) is 7.13. The van der Waals surface area contributed by atoms with E-state index in [1.807, 2.05) is 14.0 Å². The van der Waals surface area contributed by atoms with Crippen LogP contribution in [-0.2, 0) is 16.4 Å². The SMILES string of the molecule is COc1cc(S(C)(=O)=O)ccc1NCC#Cc1cc(C(=O)NC2(S)CCN(C)C[C@@H]2C)c2ncn(CC(F)(F)F)c2c1. The number of anilines is 1. The maximum Gasteiger partial charge on any atom is 0.406 e. The van der Waals surface area contributed by atoms with E-state index in [4.69, 9.17) is 17.4 Å². The minimum Gasteiger partial charge on any atom is -0.495 e. The molecule has 1 amide bonds. The average Bonchev–Trinajstić information content (AvgIpc) is 3.29. The second-order valence-electron chi connectivity index (χ2n) is 10.5. The fourth-order valence-electron chi connectivity index (χ4n) is 4.83. The number of likely N-dealkylation sites (tertiary alicyclic amines) is 1. The Morgan fingerprint density at radius 3 is 2.67 bits per heavy atom. The van der Waals surface area contributed by atoms with Gasteiger partial charge in [-0.3, -0.25) is 4.79 Å². The summed E-state index contributed by atoms with van der Waals surface area (Å²) in [6, 6.07) is 7.36. The van der Waals surface area contributed by atoms with E-state index in [-0.39, 0.29) is 34.0 Å². The molecular formula is C28H32F3N5O4S2. The molecule has 0 bridgehead atoms. The molecule has 3 aromatic rings. The fraction of sp³-hybridized carbons (Fsp3) is 0.429. The number of hydrogen-bond donors (Lipinski definition) is 3. The Labute approximate surface area is 248 Å². The van der Waals surface area contributed by atoms with Gasteiger partial charge in [-0.15, -0.1) is 0 Å². The van der Waals surface area contributed by atoms with Crippen LogP contribution < -0.4 is 15.4 Å². The van der Waals surface area contributed by atoms with E-state index in [9.17, 15) is 26.4 Å². The van der Waals surface area contributed by atoms with Crippen LogP contribution in [-0.4, -0.2) is 79.9 Å². The fourth-order valence-corrected chi connectivity index (χ4v) is 5.75. The molecule has 9 nitrogen and oxygen atoms in total. The normalized spacial score (nSPS) is 19.7. The minimum absolute atomic E-state index is 0.0133. The van der Waals surface area contributed by atoms with Crippen LogP contribution in [0.4, 0.5) is 18.9 Å². The van der Waals surface area contributed by atoms with Crippen LogP contribution in [0.1, 0.15) is 29.3 Å². The molecule has 42 heavy (non-hydrogen) atoms. The summed E-state index contributed by atoms with van der Waals surface area (Å²) in [6.45, 7) is 2.26. The van der Waals surface area contributed by atoms with Gasteiger partial charge in [0.25, 0.3) is 5.91 Å². The van der Waals surface area contributed by atoms with Crippen LogP contribution in [0.15, 0.2) is 41.6 Å². The number of fused-ring (bicyclic) bond motifs is 1. The largest absolute Gasteiger partial charge is 0.495 e. The third kappa shape index (κ3) is 7.32. The molecule has 1 saturated heterocycles. The van der Waals surface area contributed by atoms with Crippen LogP contribution >= 0.6 is 12.6 Å². The van der Waals surface area contributed by atoms with Gasteiger partial charge in [0.1, 0.15) is 17.8 Å². The van der Waals surface area contributed by atoms with E-state index in [0.717, 1.165) is 30.2 Å². The van der Waals surface area contributed by atoms with E-state index < -0.39 is 33.3 Å². The zero-order valence-corrected chi connectivity index (χ0v) is 25.3. The summed E-state index contributed by atoms with van der Waals surface area (Å²) in [5, 5.41) is 6.02. The molecule has 1 aliphatic rings. The molecule has 14 heteroatoms. The summed E-state index contributed by atoms with van der Waals surface area (Å²) in [5.41, 5.74) is 1.18. The number of carbonyl (C=O) groups excluding carboxylic acids is 1. The van der Waals surface area contributed by atoms with Crippen LogP contribution in [0, 0.1) is 17.8 Å². The predicted octanol–water partition coefficient (Wildman–Crippen LogP) is 3.80. The third-order valence-corrected chi connectivity index (χ3v) is 9.01. The number of methoxy groups -OCH3 is 1. The summed E-state index contributed by atoms with van der Waals surface area (Å²) in [7, 11) is -0.0301. The quantitative estimate of drug-likeness (QED) is 0.209. The first kappa shape index (κ1) is 31.5. The summed E-state index contributed by atoms with van der Waals surface area (Å²) >= 11 is 4.79. The van der Waals surface area contributed by atoms with Gasteiger partial charge in [0, 0.05) is 36.9 Å². The van der Waals surface area contributed by atoms with Gasteiger partial charge in [0.2, 0.25) is 0 Å². The number of amides is 1. The molecule has 4 rings (SSSR count). The van der Waals surface area contributed by atoms with Crippen molar-refractivity contribution in [1.29, 1.82) is 0 Å². The van der Waals surface area contributed by atoms with Crippen LogP contribution in [0.25, 0.3) is 11.0 Å². The van der Waals surface area contributed by atoms with Crippen molar-refractivity contribution in [2.45, 2.75) is 35.8 Å². The highest BCUT2D eigenvalue weighted by molar-refractivity contribution is 7.90. The molecule has 226 valence electrons. The lowest BCUT2D eigenvalue weighted by Gasteiger charge is -2.43. The maximum absolute atomic E-state index is 13.5. The second-order valence-corrected chi connectivity index (χ2v) is 13.3. The van der Waals surface area contributed by atoms with Crippen molar-refractivity contribution in [3.8, 4) is 17.6 Å². The number of thiol groups is 1. The molecule has 1 unspecified atom stereocenters. The summed E-state index contributed by atoms with van der Waals surface area (Å²) in [4.78, 5) is 19.1. The number of imidazole rings is 1. The van der Waals surface area contributed by atoms with Gasteiger partial charge >= 0.3 is 6.18 Å². The Hall–Kier alpha value is -3.41. The van der Waals surface area contributed by atoms with Gasteiger partial charge in [-0.1, -0.05) is 18.8 Å². The van der Waals surface area contributed by atoms with E-state index in [0.29, 0.717) is 23.4 Å². The maximum atomic E-state index is 13.5. The van der Waals surface area contributed by atoms with Crippen molar-refractivity contribution in [2.75, 3.05) is 45.4 Å². The summed E-state index contributed by atoms with van der Waals surface area (Å²) in [5.74, 6) is 5.62. The molecule has 2 N–H and O–H groups in total. The first-order valence-electron chi connectivity index (χ1n) is 13.0. The van der Waals surface area contributed by atoms with Gasteiger partial charge in [-0.2, -0.15) is 25.8 Å². The Balaban J connectivity index is 1.64. The van der Waals surface area contributed by atoms with E-state index >= 15 is 0 Å². The topological polar surface area (TPSA) is 106 Å². The zero-order valence-electron chi connectivity index (χ0n) is 23.5. The highest BCUT2D eigenvalue weighted by Crippen LogP contribution is 2.32. The summed E-state index contributed by atoms with van der Waals surface area (Å²) in [6.07, 6.45) is -1.75. The number of ether oxygens (including phenoxy) is 1. The van der Waals surface area contributed by atoms with Crippen molar-refractivity contribution in [3.63, 3.8) is 0 Å². The number of benzene rings is 2. The lowest BCUT2D eigenvalue weighted by atomic mass is 9.92. The van der Waals surface area contributed by atoms with Crippen molar-refractivity contribution >= 4 is 45.1 Å². The smallest absolute Gasteiger partial charge is 0.406 e. The Bertz CT molecular complexity index is 1660. The lowest BCUT2D eigenvalue weighted by Crippen LogP contribution is -2.56. The molecule has 0 saturated carbocycles. The number of hydrogen-bond acceptors (Lipinski definition) is 8. The molecule has 1 fully saturated rings. The molecule has 2 atom stereocenters. The number of halogens is 3. The van der Waals surface area contributed by atoms with Crippen molar-refractivity contribution in [1.82, 2.24) is 19.8 Å². The molecule has 1 aliphatic heterocycles. The van der Waals surface area contributed by atoms with Crippen molar-refractivity contribution < 1.29 is 31.1 Å². The number of piperidine rings is 1. The summed E-state index contributed by atoms with van der Waals surface area (Å²) < 4.78 is 69.7. The van der Waals surface area contributed by atoms with Crippen LogP contribution in [0.5, 0.6) is 5.75 Å². The number of carbonyl (C=O) groups is 1. The van der Waals surface area contributed by atoms with Gasteiger partial charge in [-0.05, 0) is 37.7 Å². The Morgan fingerprint density at radius 2 is 2.02 bits per heavy atom. The highest BCUT2D eigenvalue weighted by atomic mass is 32.2. The lowest BCUT2D eigenvalue weighted by molar-refractivity contribution is -0.139. The molecular weight excluding hydrogens is 591 g/mol. The minimum atomic E-state index is -4.49. The molecule has 1 aromatic heterocycles. The number of sulfone groups is 1. The van der Waals surface area contributed by atoms with E-state index in [1.54, 1.807) is 6.07 Å². The number of nitrogens with one attached hydrogen (secondary N) is 2. The number of nitrogens with zero attached hydrogens (tertiary/aromatic N) is 3. The predicted molar refractivity (Wildman–Crippen MR) is 158 cm³/mol. The molecule has 0 aliphatic carbocycles. The number of alkyl halides is 3. The van der Waals surface area contributed by atoms with E-state index in [2.05, 4.69) is 32.4 Å². The average molecular weight is 624 g/mol. The Kier molecular flexibility index (Phi) is 9.05. The Morgan fingerprint density at radius 1 is 1.29 bits per heavy atom. The van der Waals surface area contributed by atoms with Gasteiger partial charge in [0.05, 0.1) is 46.5 Å². The molecule has 2 heterocycles. The zero-order chi connectivity index (χ0) is 30.9. The first-order chi connectivity index (χ1) is 19.6. The van der Waals surface area contributed by atoms with Gasteiger partial charge in [0.15, 0.2) is 9.84 Å². The molecule has 0 spiro atoms. The van der Waals surface area contributed by atoms with Crippen LogP contribution in [0.3, 0.4) is 0 Å². The van der Waals surface area contributed by atoms with Gasteiger partial charge < -0.3 is 24.8 Å². The first-order valence-corrected chi connectivity index (χ1v) is 15.3. The molecule has 0 radical (unpaired) electrons. The molecule has 2 aromatic carbocycles.